The summed E-state index contributed by atoms with van der Waals surface area (Å²) in [4.78, 5) is 7.16. The molecule has 0 saturated heterocycles. The van der Waals surface area contributed by atoms with Crippen LogP contribution in [-0.4, -0.2) is 16.6 Å². The fourth-order valence-electron chi connectivity index (χ4n) is 2.08. The number of imidazole rings is 1. The number of aromatic nitrogens is 2. The molecule has 3 nitrogen and oxygen atoms in total. The fraction of sp³-hybridized carbons (Fsp3) is 0.167. The van der Waals surface area contributed by atoms with Gasteiger partial charge < -0.3 is 9.72 Å². The second-order valence-corrected chi connectivity index (χ2v) is 4.59. The summed E-state index contributed by atoms with van der Waals surface area (Å²) in [6, 6.07) is 7.97. The van der Waals surface area contributed by atoms with Crippen molar-refractivity contribution in [3.63, 3.8) is 0 Å². The smallest absolute Gasteiger partial charge is 0.128 e. The molecule has 0 unspecified atom stereocenters. The molecule has 0 fully saturated rings. The fourth-order valence-corrected chi connectivity index (χ4v) is 2.08. The molecule has 0 saturated carbocycles. The molecule has 0 aliphatic rings. The zero-order valence-electron chi connectivity index (χ0n) is 12.1. The van der Waals surface area contributed by atoms with Gasteiger partial charge in [-0.3, -0.25) is 0 Å². The number of hydrogen-bond acceptors (Lipinski definition) is 2. The molecule has 1 heterocycles. The van der Waals surface area contributed by atoms with Crippen molar-refractivity contribution in [1.82, 2.24) is 9.97 Å². The van der Waals surface area contributed by atoms with E-state index in [1.165, 1.54) is 5.57 Å². The number of hydrogen-bond donors (Lipinski definition) is 1. The highest BCUT2D eigenvalue weighted by Gasteiger charge is 2.06. The van der Waals surface area contributed by atoms with Crippen molar-refractivity contribution in [2.45, 2.75) is 12.8 Å². The van der Waals surface area contributed by atoms with Gasteiger partial charge in [0.15, 0.2) is 0 Å². The van der Waals surface area contributed by atoms with Crippen molar-refractivity contribution in [3.8, 4) is 17.0 Å². The maximum atomic E-state index is 5.90. The summed E-state index contributed by atoms with van der Waals surface area (Å²) in [6.45, 7) is 8.16. The molecule has 0 aliphatic carbocycles. The maximum Gasteiger partial charge on any atom is 0.128 e. The first-order valence-electron chi connectivity index (χ1n) is 6.99. The molecule has 1 aromatic heterocycles. The number of H-pyrrole nitrogens is 1. The Hall–Kier alpha value is -2.55. The highest BCUT2D eigenvalue weighted by Crippen LogP contribution is 2.28. The van der Waals surface area contributed by atoms with Gasteiger partial charge in [0, 0.05) is 5.56 Å². The Labute approximate surface area is 125 Å². The molecule has 0 atom stereocenters. The van der Waals surface area contributed by atoms with Crippen LogP contribution in [-0.2, 0) is 0 Å². The van der Waals surface area contributed by atoms with E-state index in [0.717, 1.165) is 29.8 Å². The number of benzene rings is 1. The number of nitrogens with zero attached hydrogens (tertiary/aromatic N) is 1. The van der Waals surface area contributed by atoms with Gasteiger partial charge in [0.2, 0.25) is 0 Å². The van der Waals surface area contributed by atoms with Crippen LogP contribution in [0.25, 0.3) is 11.3 Å². The summed E-state index contributed by atoms with van der Waals surface area (Å²) in [5, 5.41) is 0. The quantitative estimate of drug-likeness (QED) is 0.569. The van der Waals surface area contributed by atoms with E-state index in [9.17, 15) is 0 Å². The minimum absolute atomic E-state index is 0.660. The zero-order valence-corrected chi connectivity index (χ0v) is 12.1. The molecule has 2 aromatic rings. The number of nitrogens with one attached hydrogen (secondary N) is 1. The largest absolute Gasteiger partial charge is 0.493 e. The van der Waals surface area contributed by atoms with Crippen LogP contribution in [0.2, 0.25) is 0 Å². The monoisotopic (exact) mass is 280 g/mol. The molecular weight excluding hydrogens is 260 g/mol. The van der Waals surface area contributed by atoms with E-state index in [1.54, 1.807) is 18.6 Å². The molecule has 1 aromatic carbocycles. The number of allylic oxidation sites excluding steroid dienone is 4. The normalized spacial score (nSPS) is 11.1. The summed E-state index contributed by atoms with van der Waals surface area (Å²) in [5.74, 6) is 0.870. The third-order valence-electron chi connectivity index (χ3n) is 3.14. The van der Waals surface area contributed by atoms with Crippen molar-refractivity contribution in [1.29, 1.82) is 0 Å². The Morgan fingerprint density at radius 1 is 1.29 bits per heavy atom. The van der Waals surface area contributed by atoms with Crippen molar-refractivity contribution in [2.75, 3.05) is 6.61 Å². The topological polar surface area (TPSA) is 37.9 Å². The van der Waals surface area contributed by atoms with E-state index in [-0.39, 0.29) is 0 Å². The van der Waals surface area contributed by atoms with Gasteiger partial charge in [-0.2, -0.15) is 0 Å². The zero-order chi connectivity index (χ0) is 14.9. The molecule has 0 bridgehead atoms. The van der Waals surface area contributed by atoms with Gasteiger partial charge in [-0.25, -0.2) is 4.98 Å². The van der Waals surface area contributed by atoms with Gasteiger partial charge in [-0.05, 0) is 30.5 Å². The summed E-state index contributed by atoms with van der Waals surface area (Å²) in [5.41, 5.74) is 3.17. The second kappa shape index (κ2) is 7.90. The molecule has 21 heavy (non-hydrogen) atoms. The lowest BCUT2D eigenvalue weighted by molar-refractivity contribution is 0.312. The first kappa shape index (κ1) is 14.9. The third kappa shape index (κ3) is 4.21. The van der Waals surface area contributed by atoms with Gasteiger partial charge in [0.1, 0.15) is 5.75 Å². The predicted molar refractivity (Wildman–Crippen MR) is 87.2 cm³/mol. The minimum atomic E-state index is 0.660. The summed E-state index contributed by atoms with van der Waals surface area (Å²) in [7, 11) is 0. The molecule has 3 heteroatoms. The number of rotatable bonds is 8. The van der Waals surface area contributed by atoms with Crippen LogP contribution in [0.15, 0.2) is 73.7 Å². The lowest BCUT2D eigenvalue weighted by Crippen LogP contribution is -1.99. The van der Waals surface area contributed by atoms with Gasteiger partial charge in [-0.1, -0.05) is 43.5 Å². The van der Waals surface area contributed by atoms with Crippen molar-refractivity contribution < 1.29 is 4.74 Å². The molecular formula is C18H20N2O. The van der Waals surface area contributed by atoms with Crippen LogP contribution in [0.3, 0.4) is 0 Å². The van der Waals surface area contributed by atoms with E-state index in [4.69, 9.17) is 4.74 Å². The first-order valence-corrected chi connectivity index (χ1v) is 6.99. The predicted octanol–water partition coefficient (Wildman–Crippen LogP) is 4.53. The minimum Gasteiger partial charge on any atom is -0.493 e. The van der Waals surface area contributed by atoms with Gasteiger partial charge >= 0.3 is 0 Å². The Bertz CT molecular complexity index is 612. The summed E-state index contributed by atoms with van der Waals surface area (Å²) < 4.78 is 5.90. The van der Waals surface area contributed by atoms with E-state index in [0.29, 0.717) is 6.61 Å². The highest BCUT2D eigenvalue weighted by molar-refractivity contribution is 5.66. The summed E-state index contributed by atoms with van der Waals surface area (Å²) in [6.07, 6.45) is 11.0. The number of para-hydroxylation sites is 1. The number of aromatic amines is 1. The molecule has 0 spiro atoms. The molecule has 1 N–H and O–H groups in total. The van der Waals surface area contributed by atoms with Crippen LogP contribution in [0, 0.1) is 0 Å². The highest BCUT2D eigenvalue weighted by atomic mass is 16.5. The Balaban J connectivity index is 1.94. The van der Waals surface area contributed by atoms with Gasteiger partial charge in [0.25, 0.3) is 0 Å². The molecule has 0 amide bonds. The average molecular weight is 280 g/mol. The Morgan fingerprint density at radius 3 is 2.86 bits per heavy atom. The van der Waals surface area contributed by atoms with Crippen molar-refractivity contribution in [2.24, 2.45) is 0 Å². The van der Waals surface area contributed by atoms with E-state index >= 15 is 0 Å². The van der Waals surface area contributed by atoms with Crippen molar-refractivity contribution in [3.05, 3.63) is 73.7 Å². The van der Waals surface area contributed by atoms with Gasteiger partial charge in [-0.15, -0.1) is 0 Å². The van der Waals surface area contributed by atoms with Crippen LogP contribution in [0.4, 0.5) is 0 Å². The van der Waals surface area contributed by atoms with Gasteiger partial charge in [0.05, 0.1) is 24.8 Å². The third-order valence-corrected chi connectivity index (χ3v) is 3.14. The van der Waals surface area contributed by atoms with E-state index in [2.05, 4.69) is 23.1 Å². The second-order valence-electron chi connectivity index (χ2n) is 4.59. The lowest BCUT2D eigenvalue weighted by atomic mass is 10.1. The average Bonchev–Trinajstić information content (AvgIpc) is 3.05. The Kier molecular flexibility index (Phi) is 5.59. The SMILES string of the molecule is C=C/C=C(\C=C)CCCOc1ccccc1-c1cnc[nH]1. The van der Waals surface area contributed by atoms with E-state index < -0.39 is 0 Å². The number of ether oxygens (including phenoxy) is 1. The standard InChI is InChI=1S/C18H20N2O/c1-3-8-15(4-2)9-7-12-21-18-11-6-5-10-16(18)17-13-19-14-20-17/h3-6,8,10-11,13-14H,1-2,7,9,12H2,(H,19,20)/b15-8+. The van der Waals surface area contributed by atoms with Crippen LogP contribution in [0.1, 0.15) is 12.8 Å². The maximum absolute atomic E-state index is 5.90. The first-order chi connectivity index (χ1) is 10.3. The van der Waals surface area contributed by atoms with Crippen LogP contribution < -0.4 is 4.74 Å². The molecule has 0 radical (unpaired) electrons. The van der Waals surface area contributed by atoms with E-state index in [1.807, 2.05) is 36.4 Å². The van der Waals surface area contributed by atoms with Crippen LogP contribution in [0.5, 0.6) is 5.75 Å². The van der Waals surface area contributed by atoms with Crippen LogP contribution >= 0.6 is 0 Å². The molecule has 108 valence electrons. The lowest BCUT2D eigenvalue weighted by Gasteiger charge is -2.10. The molecule has 2 rings (SSSR count). The summed E-state index contributed by atoms with van der Waals surface area (Å²) >= 11 is 0. The molecule has 0 aliphatic heterocycles. The van der Waals surface area contributed by atoms with Crippen molar-refractivity contribution >= 4 is 0 Å². The Morgan fingerprint density at radius 2 is 2.14 bits per heavy atom.